The highest BCUT2D eigenvalue weighted by Crippen LogP contribution is 2.19. The summed E-state index contributed by atoms with van der Waals surface area (Å²) in [6, 6.07) is 0. The Hall–Kier alpha value is -0.520. The van der Waals surface area contributed by atoms with Gasteiger partial charge >= 0.3 is 0 Å². The second-order valence-electron chi connectivity index (χ2n) is 4.16. The van der Waals surface area contributed by atoms with Gasteiger partial charge in [-0.15, -0.1) is 6.58 Å². The summed E-state index contributed by atoms with van der Waals surface area (Å²) >= 11 is 0. The largest absolute Gasteiger partial charge is 0.100 e. The van der Waals surface area contributed by atoms with Gasteiger partial charge < -0.3 is 0 Å². The topological polar surface area (TPSA) is 0 Å². The first-order valence-electron chi connectivity index (χ1n) is 5.37. The fourth-order valence-electron chi connectivity index (χ4n) is 1.38. The van der Waals surface area contributed by atoms with Crippen LogP contribution in [0.2, 0.25) is 0 Å². The maximum atomic E-state index is 3.94. The summed E-state index contributed by atoms with van der Waals surface area (Å²) in [5.41, 5.74) is 4.45. The molecule has 0 saturated heterocycles. The third-order valence-corrected chi connectivity index (χ3v) is 2.39. The van der Waals surface area contributed by atoms with Gasteiger partial charge in [0.2, 0.25) is 0 Å². The first-order chi connectivity index (χ1) is 6.07. The quantitative estimate of drug-likeness (QED) is 0.512. The lowest BCUT2D eigenvalue weighted by Gasteiger charge is -2.09. The molecule has 0 amide bonds. The van der Waals surface area contributed by atoms with Crippen molar-refractivity contribution in [3.63, 3.8) is 0 Å². The third kappa shape index (κ3) is 6.62. The number of hydrogen-bond donors (Lipinski definition) is 0. The summed E-state index contributed by atoms with van der Waals surface area (Å²) in [5.74, 6) is 0. The van der Waals surface area contributed by atoms with Gasteiger partial charge in [0.25, 0.3) is 0 Å². The van der Waals surface area contributed by atoms with Gasteiger partial charge in [-0.05, 0) is 46.5 Å². The molecule has 0 atom stereocenters. The second kappa shape index (κ2) is 6.94. The highest BCUT2D eigenvalue weighted by atomic mass is 14.1. The summed E-state index contributed by atoms with van der Waals surface area (Å²) in [4.78, 5) is 0. The Morgan fingerprint density at radius 3 is 2.00 bits per heavy atom. The minimum atomic E-state index is 1.16. The molecule has 0 aromatic carbocycles. The SMILES string of the molecule is C=C(C)CCC(CCCC)=C(C)C. The molecule has 0 saturated carbocycles. The van der Waals surface area contributed by atoms with E-state index in [2.05, 4.69) is 34.3 Å². The van der Waals surface area contributed by atoms with E-state index in [0.29, 0.717) is 0 Å². The van der Waals surface area contributed by atoms with Crippen LogP contribution < -0.4 is 0 Å². The predicted octanol–water partition coefficient (Wildman–Crippen LogP) is 4.87. The zero-order valence-electron chi connectivity index (χ0n) is 9.74. The van der Waals surface area contributed by atoms with Gasteiger partial charge in [0, 0.05) is 0 Å². The molecule has 0 rings (SSSR count). The van der Waals surface area contributed by atoms with Crippen molar-refractivity contribution in [1.29, 1.82) is 0 Å². The molecule has 0 aromatic rings. The molecule has 13 heavy (non-hydrogen) atoms. The summed E-state index contributed by atoms with van der Waals surface area (Å²) in [7, 11) is 0. The minimum Gasteiger partial charge on any atom is -0.100 e. The van der Waals surface area contributed by atoms with Gasteiger partial charge in [0.15, 0.2) is 0 Å². The zero-order valence-corrected chi connectivity index (χ0v) is 9.74. The van der Waals surface area contributed by atoms with E-state index in [1.165, 1.54) is 36.8 Å². The van der Waals surface area contributed by atoms with Crippen LogP contribution in [0.5, 0.6) is 0 Å². The Labute approximate surface area is 83.7 Å². The summed E-state index contributed by atoms with van der Waals surface area (Å²) in [6.45, 7) is 12.8. The standard InChI is InChI=1S/C13H24/c1-6-7-8-13(12(4)5)10-9-11(2)3/h2,6-10H2,1,3-5H3. The first-order valence-corrected chi connectivity index (χ1v) is 5.37. The van der Waals surface area contributed by atoms with Crippen LogP contribution in [0, 0.1) is 0 Å². The van der Waals surface area contributed by atoms with E-state index in [4.69, 9.17) is 0 Å². The molecule has 0 fully saturated rings. The van der Waals surface area contributed by atoms with Gasteiger partial charge in [-0.2, -0.15) is 0 Å². The number of allylic oxidation sites excluding steroid dienone is 3. The van der Waals surface area contributed by atoms with E-state index in [0.717, 1.165) is 6.42 Å². The van der Waals surface area contributed by atoms with E-state index in [-0.39, 0.29) is 0 Å². The molecule has 0 spiro atoms. The molecule has 0 aliphatic heterocycles. The van der Waals surface area contributed by atoms with E-state index in [9.17, 15) is 0 Å². The molecule has 0 unspecified atom stereocenters. The Kier molecular flexibility index (Phi) is 6.66. The number of unbranched alkanes of at least 4 members (excludes halogenated alkanes) is 1. The van der Waals surface area contributed by atoms with Crippen LogP contribution in [-0.4, -0.2) is 0 Å². The Morgan fingerprint density at radius 1 is 1.00 bits per heavy atom. The van der Waals surface area contributed by atoms with Crippen LogP contribution in [0.15, 0.2) is 23.3 Å². The lowest BCUT2D eigenvalue weighted by atomic mass is 9.98. The lowest BCUT2D eigenvalue weighted by Crippen LogP contribution is -1.89. The van der Waals surface area contributed by atoms with Gasteiger partial charge in [-0.3, -0.25) is 0 Å². The normalized spacial score (nSPS) is 9.85. The van der Waals surface area contributed by atoms with Crippen LogP contribution in [-0.2, 0) is 0 Å². The first kappa shape index (κ1) is 12.5. The lowest BCUT2D eigenvalue weighted by molar-refractivity contribution is 0.739. The summed E-state index contributed by atoms with van der Waals surface area (Å²) in [5, 5.41) is 0. The Bertz CT molecular complexity index is 180. The highest BCUT2D eigenvalue weighted by Gasteiger charge is 1.99. The van der Waals surface area contributed by atoms with Gasteiger partial charge in [-0.1, -0.05) is 30.1 Å². The van der Waals surface area contributed by atoms with E-state index in [1.54, 1.807) is 5.57 Å². The molecule has 0 N–H and O–H groups in total. The van der Waals surface area contributed by atoms with Crippen LogP contribution in [0.4, 0.5) is 0 Å². The van der Waals surface area contributed by atoms with Crippen LogP contribution in [0.25, 0.3) is 0 Å². The molecular formula is C13H24. The van der Waals surface area contributed by atoms with Crippen molar-refractivity contribution >= 4 is 0 Å². The van der Waals surface area contributed by atoms with Crippen molar-refractivity contribution in [3.8, 4) is 0 Å². The molecule has 0 bridgehead atoms. The smallest absolute Gasteiger partial charge is 0.0281 e. The molecule has 0 nitrogen and oxygen atoms in total. The Balaban J connectivity index is 3.97. The molecule has 0 aromatic heterocycles. The minimum absolute atomic E-state index is 1.16. The van der Waals surface area contributed by atoms with Crippen LogP contribution in [0.1, 0.15) is 59.8 Å². The average molecular weight is 180 g/mol. The van der Waals surface area contributed by atoms with Crippen LogP contribution >= 0.6 is 0 Å². The second-order valence-corrected chi connectivity index (χ2v) is 4.16. The summed E-state index contributed by atoms with van der Waals surface area (Å²) in [6.07, 6.45) is 6.29. The summed E-state index contributed by atoms with van der Waals surface area (Å²) < 4.78 is 0. The average Bonchev–Trinajstić information content (AvgIpc) is 2.03. The van der Waals surface area contributed by atoms with E-state index in [1.807, 2.05) is 0 Å². The number of hydrogen-bond acceptors (Lipinski definition) is 0. The Morgan fingerprint density at radius 2 is 1.62 bits per heavy atom. The van der Waals surface area contributed by atoms with Crippen molar-refractivity contribution in [3.05, 3.63) is 23.3 Å². The van der Waals surface area contributed by atoms with Gasteiger partial charge in [0.05, 0.1) is 0 Å². The molecule has 76 valence electrons. The van der Waals surface area contributed by atoms with Gasteiger partial charge in [-0.25, -0.2) is 0 Å². The van der Waals surface area contributed by atoms with Crippen LogP contribution in [0.3, 0.4) is 0 Å². The highest BCUT2D eigenvalue weighted by molar-refractivity contribution is 5.11. The van der Waals surface area contributed by atoms with Crippen molar-refractivity contribution in [2.45, 2.75) is 59.8 Å². The molecule has 0 aliphatic rings. The van der Waals surface area contributed by atoms with Crippen molar-refractivity contribution in [1.82, 2.24) is 0 Å². The molecular weight excluding hydrogens is 156 g/mol. The van der Waals surface area contributed by atoms with Crippen molar-refractivity contribution in [2.75, 3.05) is 0 Å². The van der Waals surface area contributed by atoms with Crippen molar-refractivity contribution < 1.29 is 0 Å². The molecule has 0 radical (unpaired) electrons. The van der Waals surface area contributed by atoms with Gasteiger partial charge in [0.1, 0.15) is 0 Å². The third-order valence-electron chi connectivity index (χ3n) is 2.39. The number of rotatable bonds is 6. The maximum absolute atomic E-state index is 3.94. The molecule has 0 heteroatoms. The fraction of sp³-hybridized carbons (Fsp3) is 0.692. The predicted molar refractivity (Wildman–Crippen MR) is 61.9 cm³/mol. The van der Waals surface area contributed by atoms with E-state index >= 15 is 0 Å². The van der Waals surface area contributed by atoms with Crippen molar-refractivity contribution in [2.24, 2.45) is 0 Å². The monoisotopic (exact) mass is 180 g/mol. The maximum Gasteiger partial charge on any atom is -0.0281 e. The molecule has 0 aliphatic carbocycles. The zero-order chi connectivity index (χ0) is 10.3. The molecule has 0 heterocycles. The fourth-order valence-corrected chi connectivity index (χ4v) is 1.38. The van der Waals surface area contributed by atoms with E-state index < -0.39 is 0 Å².